The van der Waals surface area contributed by atoms with Gasteiger partial charge in [-0.25, -0.2) is 9.97 Å². The van der Waals surface area contributed by atoms with Crippen LogP contribution in [0.15, 0.2) is 24.5 Å². The lowest BCUT2D eigenvalue weighted by atomic mass is 10.1. The predicted octanol–water partition coefficient (Wildman–Crippen LogP) is 3.24. The number of anilines is 2. The number of nitrogens with zero attached hydrogens (tertiary/aromatic N) is 2. The number of rotatable bonds is 4. The normalized spacial score (nSPS) is 13.0. The molecular formula is C14H14Cl2N4O. The molecule has 1 aromatic heterocycles. The lowest BCUT2D eigenvalue weighted by molar-refractivity contribution is 0.323. The smallest absolute Gasteiger partial charge is 0.142 e. The van der Waals surface area contributed by atoms with Crippen LogP contribution in [0.4, 0.5) is 11.5 Å². The lowest BCUT2D eigenvalue weighted by Gasteiger charge is -2.20. The molecule has 1 aromatic carbocycles. The molecule has 0 unspecified atom stereocenters. The zero-order chi connectivity index (χ0) is 14.7. The molecule has 2 heterocycles. The quantitative estimate of drug-likeness (QED) is 0.845. The van der Waals surface area contributed by atoms with Gasteiger partial charge in [0.05, 0.1) is 5.69 Å². The number of ether oxygens (including phenoxy) is 1. The number of halogens is 2. The van der Waals surface area contributed by atoms with Crippen LogP contribution in [-0.4, -0.2) is 29.7 Å². The van der Waals surface area contributed by atoms with Gasteiger partial charge in [-0.05, 0) is 24.1 Å². The molecule has 3 rings (SSSR count). The van der Waals surface area contributed by atoms with Crippen molar-refractivity contribution in [3.8, 4) is 5.75 Å². The van der Waals surface area contributed by atoms with Crippen molar-refractivity contribution < 1.29 is 4.74 Å². The summed E-state index contributed by atoms with van der Waals surface area (Å²) >= 11 is 12.1. The highest BCUT2D eigenvalue weighted by Crippen LogP contribution is 2.33. The van der Waals surface area contributed by atoms with Crippen molar-refractivity contribution >= 4 is 34.7 Å². The van der Waals surface area contributed by atoms with Gasteiger partial charge in [-0.15, -0.1) is 0 Å². The summed E-state index contributed by atoms with van der Waals surface area (Å²) in [5.41, 5.74) is 1.98. The van der Waals surface area contributed by atoms with Crippen molar-refractivity contribution in [3.05, 3.63) is 40.3 Å². The van der Waals surface area contributed by atoms with Crippen molar-refractivity contribution in [2.24, 2.45) is 0 Å². The summed E-state index contributed by atoms with van der Waals surface area (Å²) < 4.78 is 5.62. The van der Waals surface area contributed by atoms with E-state index in [4.69, 9.17) is 27.9 Å². The summed E-state index contributed by atoms with van der Waals surface area (Å²) in [7, 11) is 0. The molecule has 5 nitrogen and oxygen atoms in total. The molecule has 110 valence electrons. The van der Waals surface area contributed by atoms with E-state index < -0.39 is 0 Å². The van der Waals surface area contributed by atoms with Crippen molar-refractivity contribution in [2.75, 3.05) is 30.3 Å². The number of hydrogen-bond donors (Lipinski definition) is 2. The lowest BCUT2D eigenvalue weighted by Crippen LogP contribution is -2.18. The molecule has 0 saturated heterocycles. The second-order valence-electron chi connectivity index (χ2n) is 4.62. The average molecular weight is 325 g/mol. The molecule has 21 heavy (non-hydrogen) atoms. The first kappa shape index (κ1) is 14.2. The fourth-order valence-electron chi connectivity index (χ4n) is 2.15. The van der Waals surface area contributed by atoms with Gasteiger partial charge >= 0.3 is 0 Å². The molecule has 0 bridgehead atoms. The maximum Gasteiger partial charge on any atom is 0.142 e. The Morgan fingerprint density at radius 1 is 1.24 bits per heavy atom. The van der Waals surface area contributed by atoms with Gasteiger partial charge < -0.3 is 15.4 Å². The van der Waals surface area contributed by atoms with Crippen molar-refractivity contribution in [3.63, 3.8) is 0 Å². The number of nitrogens with one attached hydrogen (secondary N) is 2. The van der Waals surface area contributed by atoms with Crippen molar-refractivity contribution in [1.82, 2.24) is 9.97 Å². The zero-order valence-electron chi connectivity index (χ0n) is 11.2. The number of aromatic nitrogens is 2. The van der Waals surface area contributed by atoms with Gasteiger partial charge in [0.15, 0.2) is 0 Å². The van der Waals surface area contributed by atoms with Crippen LogP contribution in [-0.2, 0) is 6.42 Å². The standard InChI is InChI=1S/C14H14Cl2N4O/c15-10-6-11-12(21-4-3-17-11)5-9(10)1-2-18-14-7-13(16)19-8-20-14/h5-8,17H,1-4H2,(H,18,19,20). The van der Waals surface area contributed by atoms with Gasteiger partial charge in [0.1, 0.15) is 29.7 Å². The van der Waals surface area contributed by atoms with Crippen LogP contribution in [0.25, 0.3) is 0 Å². The molecule has 7 heteroatoms. The maximum atomic E-state index is 6.30. The second kappa shape index (κ2) is 6.37. The first-order valence-corrected chi connectivity index (χ1v) is 7.38. The SMILES string of the molecule is Clc1cc(NCCc2cc3c(cc2Cl)NCCO3)ncn1. The third kappa shape index (κ3) is 3.49. The van der Waals surface area contributed by atoms with E-state index in [9.17, 15) is 0 Å². The van der Waals surface area contributed by atoms with E-state index in [-0.39, 0.29) is 0 Å². The average Bonchev–Trinajstić information content (AvgIpc) is 2.48. The molecule has 0 spiro atoms. The Kier molecular flexibility index (Phi) is 4.31. The highest BCUT2D eigenvalue weighted by atomic mass is 35.5. The fraction of sp³-hybridized carbons (Fsp3) is 0.286. The van der Waals surface area contributed by atoms with Crippen molar-refractivity contribution in [2.45, 2.75) is 6.42 Å². The van der Waals surface area contributed by atoms with Crippen LogP contribution in [0.5, 0.6) is 5.75 Å². The van der Waals surface area contributed by atoms with Crippen LogP contribution >= 0.6 is 23.2 Å². The zero-order valence-corrected chi connectivity index (χ0v) is 12.7. The Balaban J connectivity index is 1.65. The number of fused-ring (bicyclic) bond motifs is 1. The molecule has 2 aromatic rings. The van der Waals surface area contributed by atoms with E-state index in [1.165, 1.54) is 6.33 Å². The van der Waals surface area contributed by atoms with Gasteiger partial charge in [0.2, 0.25) is 0 Å². The summed E-state index contributed by atoms with van der Waals surface area (Å²) in [5, 5.41) is 7.60. The molecule has 0 aliphatic carbocycles. The van der Waals surface area contributed by atoms with Crippen molar-refractivity contribution in [1.29, 1.82) is 0 Å². The third-order valence-corrected chi connectivity index (χ3v) is 3.72. The molecule has 0 radical (unpaired) electrons. The van der Waals surface area contributed by atoms with Gasteiger partial charge in [0, 0.05) is 24.2 Å². The Hall–Kier alpha value is -1.72. The highest BCUT2D eigenvalue weighted by molar-refractivity contribution is 6.31. The van der Waals surface area contributed by atoms with Gasteiger partial charge in [-0.1, -0.05) is 23.2 Å². The maximum absolute atomic E-state index is 6.30. The minimum absolute atomic E-state index is 0.416. The molecule has 0 amide bonds. The van der Waals surface area contributed by atoms with Gasteiger partial charge in [-0.2, -0.15) is 0 Å². The third-order valence-electron chi connectivity index (χ3n) is 3.16. The minimum Gasteiger partial charge on any atom is -0.490 e. The predicted molar refractivity (Wildman–Crippen MR) is 84.7 cm³/mol. The van der Waals surface area contributed by atoms with E-state index in [0.717, 1.165) is 35.0 Å². The van der Waals surface area contributed by atoms with Gasteiger partial charge in [-0.3, -0.25) is 0 Å². The number of hydrogen-bond acceptors (Lipinski definition) is 5. The Morgan fingerprint density at radius 2 is 2.14 bits per heavy atom. The molecule has 1 aliphatic heterocycles. The van der Waals surface area contributed by atoms with E-state index in [1.54, 1.807) is 6.07 Å². The number of benzene rings is 1. The van der Waals surface area contributed by atoms with Crippen LogP contribution in [0.1, 0.15) is 5.56 Å². The topological polar surface area (TPSA) is 59.1 Å². The Labute approximate surface area is 132 Å². The molecule has 0 fully saturated rings. The monoisotopic (exact) mass is 324 g/mol. The van der Waals surface area contributed by atoms with Crippen LogP contribution in [0.3, 0.4) is 0 Å². The van der Waals surface area contributed by atoms with E-state index in [0.29, 0.717) is 24.1 Å². The van der Waals surface area contributed by atoms with E-state index in [2.05, 4.69) is 20.6 Å². The second-order valence-corrected chi connectivity index (χ2v) is 5.41. The minimum atomic E-state index is 0.416. The highest BCUT2D eigenvalue weighted by Gasteiger charge is 2.13. The molecular weight excluding hydrogens is 311 g/mol. The molecule has 0 saturated carbocycles. The van der Waals surface area contributed by atoms with Crippen LogP contribution < -0.4 is 15.4 Å². The first-order chi connectivity index (χ1) is 10.2. The van der Waals surface area contributed by atoms with E-state index in [1.807, 2.05) is 12.1 Å². The van der Waals surface area contributed by atoms with Gasteiger partial charge in [0.25, 0.3) is 0 Å². The summed E-state index contributed by atoms with van der Waals surface area (Å²) in [6.45, 7) is 2.17. The summed E-state index contributed by atoms with van der Waals surface area (Å²) in [6, 6.07) is 5.58. The fourth-order valence-corrected chi connectivity index (χ4v) is 2.55. The van der Waals surface area contributed by atoms with E-state index >= 15 is 0 Å². The molecule has 0 atom stereocenters. The summed E-state index contributed by atoms with van der Waals surface area (Å²) in [6.07, 6.45) is 2.19. The largest absolute Gasteiger partial charge is 0.490 e. The summed E-state index contributed by atoms with van der Waals surface area (Å²) in [4.78, 5) is 7.93. The Morgan fingerprint density at radius 3 is 3.00 bits per heavy atom. The van der Waals surface area contributed by atoms with Crippen LogP contribution in [0.2, 0.25) is 10.2 Å². The molecule has 2 N–H and O–H groups in total. The summed E-state index contributed by atoms with van der Waals surface area (Å²) in [5.74, 6) is 1.55. The first-order valence-electron chi connectivity index (χ1n) is 6.63. The molecule has 1 aliphatic rings. The van der Waals surface area contributed by atoms with Crippen LogP contribution in [0, 0.1) is 0 Å². The Bertz CT molecular complexity index is 651.